The van der Waals surface area contributed by atoms with Gasteiger partial charge < -0.3 is 10.6 Å². The minimum absolute atomic E-state index is 0.665. The van der Waals surface area contributed by atoms with Gasteiger partial charge in [0.2, 0.25) is 0 Å². The molecule has 86 valence electrons. The summed E-state index contributed by atoms with van der Waals surface area (Å²) in [5, 5.41) is 7.18. The molecule has 1 fully saturated rings. The first-order valence-electron chi connectivity index (χ1n) is 6.49. The number of benzene rings is 1. The molecule has 2 N–H and O–H groups in total. The molecule has 0 radical (unpaired) electrons. The predicted molar refractivity (Wildman–Crippen MR) is 67.8 cm³/mol. The maximum Gasteiger partial charge on any atom is 0.0375 e. The molecule has 0 spiro atoms. The maximum absolute atomic E-state index is 3.61. The minimum atomic E-state index is 0.665. The van der Waals surface area contributed by atoms with Gasteiger partial charge in [0, 0.05) is 17.8 Å². The number of hydrogen-bond acceptors (Lipinski definition) is 2. The van der Waals surface area contributed by atoms with Crippen molar-refractivity contribution >= 4 is 5.69 Å². The van der Waals surface area contributed by atoms with Gasteiger partial charge in [0.15, 0.2) is 0 Å². The van der Waals surface area contributed by atoms with Gasteiger partial charge in [-0.05, 0) is 50.3 Å². The smallest absolute Gasteiger partial charge is 0.0375 e. The van der Waals surface area contributed by atoms with E-state index in [9.17, 15) is 0 Å². The molecule has 1 atom stereocenters. The maximum atomic E-state index is 3.61. The number of nitrogens with one attached hydrogen (secondary N) is 2. The second kappa shape index (κ2) is 4.46. The second-order valence-electron chi connectivity index (χ2n) is 5.07. The lowest BCUT2D eigenvalue weighted by Gasteiger charge is -2.11. The van der Waals surface area contributed by atoms with Crippen molar-refractivity contribution in [2.24, 2.45) is 0 Å². The Morgan fingerprint density at radius 1 is 1.25 bits per heavy atom. The van der Waals surface area contributed by atoms with E-state index in [1.165, 1.54) is 49.9 Å². The molecule has 2 aliphatic rings. The van der Waals surface area contributed by atoms with Gasteiger partial charge in [0.1, 0.15) is 0 Å². The Kier molecular flexibility index (Phi) is 2.83. The molecule has 0 bridgehead atoms. The average molecular weight is 216 g/mol. The van der Waals surface area contributed by atoms with E-state index in [4.69, 9.17) is 0 Å². The van der Waals surface area contributed by atoms with Crippen LogP contribution in [0.2, 0.25) is 0 Å². The van der Waals surface area contributed by atoms with E-state index >= 15 is 0 Å². The highest BCUT2D eigenvalue weighted by atomic mass is 15.0. The van der Waals surface area contributed by atoms with Crippen molar-refractivity contribution in [1.82, 2.24) is 5.32 Å². The Balaban J connectivity index is 1.41. The highest BCUT2D eigenvalue weighted by Gasteiger charge is 2.21. The van der Waals surface area contributed by atoms with Crippen LogP contribution < -0.4 is 10.6 Å². The Labute approximate surface area is 97.4 Å². The summed E-state index contributed by atoms with van der Waals surface area (Å²) in [4.78, 5) is 0. The molecule has 16 heavy (non-hydrogen) atoms. The topological polar surface area (TPSA) is 24.1 Å². The van der Waals surface area contributed by atoms with Gasteiger partial charge in [0.25, 0.3) is 0 Å². The van der Waals surface area contributed by atoms with Crippen molar-refractivity contribution in [2.45, 2.75) is 44.2 Å². The van der Waals surface area contributed by atoms with Crippen LogP contribution in [-0.4, -0.2) is 18.6 Å². The summed E-state index contributed by atoms with van der Waals surface area (Å²) in [6, 6.07) is 10.2. The molecular formula is C14H20N2. The van der Waals surface area contributed by atoms with Gasteiger partial charge in [0.05, 0.1) is 0 Å². The molecule has 1 heterocycles. The molecule has 1 aliphatic heterocycles. The van der Waals surface area contributed by atoms with Crippen LogP contribution in [0.25, 0.3) is 0 Å². The summed E-state index contributed by atoms with van der Waals surface area (Å²) in [7, 11) is 0. The summed E-state index contributed by atoms with van der Waals surface area (Å²) in [6.07, 6.45) is 6.58. The van der Waals surface area contributed by atoms with E-state index in [0.717, 1.165) is 6.04 Å². The highest BCUT2D eigenvalue weighted by Crippen LogP contribution is 2.27. The first-order chi connectivity index (χ1) is 7.92. The Morgan fingerprint density at radius 3 is 2.94 bits per heavy atom. The van der Waals surface area contributed by atoms with E-state index in [-0.39, 0.29) is 0 Å². The lowest BCUT2D eigenvalue weighted by Crippen LogP contribution is -2.21. The van der Waals surface area contributed by atoms with E-state index < -0.39 is 0 Å². The number of hydrogen-bond donors (Lipinski definition) is 2. The molecule has 1 aromatic rings. The minimum Gasteiger partial charge on any atom is -0.382 e. The SMILES string of the molecule is c1ccc2c(c1)CC(CCCNC1CC1)N2. The van der Waals surface area contributed by atoms with Crippen LogP contribution in [0, 0.1) is 0 Å². The molecule has 1 aromatic carbocycles. The lowest BCUT2D eigenvalue weighted by molar-refractivity contribution is 0.577. The fourth-order valence-electron chi connectivity index (χ4n) is 2.49. The Bertz CT molecular complexity index is 333. The predicted octanol–water partition coefficient (Wildman–Crippen LogP) is 2.56. The van der Waals surface area contributed by atoms with Crippen molar-refractivity contribution < 1.29 is 0 Å². The van der Waals surface area contributed by atoms with Gasteiger partial charge in [-0.2, -0.15) is 0 Å². The molecular weight excluding hydrogens is 196 g/mol. The molecule has 0 amide bonds. The fourth-order valence-corrected chi connectivity index (χ4v) is 2.49. The average Bonchev–Trinajstić information content (AvgIpc) is 3.03. The highest BCUT2D eigenvalue weighted by molar-refractivity contribution is 5.56. The summed E-state index contributed by atoms with van der Waals surface area (Å²) < 4.78 is 0. The molecule has 0 aromatic heterocycles. The van der Waals surface area contributed by atoms with E-state index in [2.05, 4.69) is 34.9 Å². The number of anilines is 1. The van der Waals surface area contributed by atoms with Crippen molar-refractivity contribution in [2.75, 3.05) is 11.9 Å². The largest absolute Gasteiger partial charge is 0.382 e. The number of para-hydroxylation sites is 1. The third-order valence-corrected chi connectivity index (χ3v) is 3.58. The lowest BCUT2D eigenvalue weighted by atomic mass is 10.1. The van der Waals surface area contributed by atoms with Crippen LogP contribution in [0.15, 0.2) is 24.3 Å². The van der Waals surface area contributed by atoms with Crippen LogP contribution in [0.1, 0.15) is 31.2 Å². The molecule has 2 nitrogen and oxygen atoms in total. The molecule has 1 unspecified atom stereocenters. The van der Waals surface area contributed by atoms with E-state index in [1.807, 2.05) is 0 Å². The molecule has 1 saturated carbocycles. The van der Waals surface area contributed by atoms with E-state index in [0.29, 0.717) is 6.04 Å². The van der Waals surface area contributed by atoms with Gasteiger partial charge in [-0.25, -0.2) is 0 Å². The van der Waals surface area contributed by atoms with Crippen LogP contribution >= 0.6 is 0 Å². The first-order valence-corrected chi connectivity index (χ1v) is 6.49. The van der Waals surface area contributed by atoms with Crippen LogP contribution in [0.5, 0.6) is 0 Å². The summed E-state index contributed by atoms with van der Waals surface area (Å²) in [5.74, 6) is 0. The Morgan fingerprint density at radius 2 is 2.12 bits per heavy atom. The van der Waals surface area contributed by atoms with Gasteiger partial charge in [-0.15, -0.1) is 0 Å². The Hall–Kier alpha value is -1.02. The van der Waals surface area contributed by atoms with Crippen molar-refractivity contribution in [3.63, 3.8) is 0 Å². The second-order valence-corrected chi connectivity index (χ2v) is 5.07. The van der Waals surface area contributed by atoms with Gasteiger partial charge in [-0.1, -0.05) is 18.2 Å². The normalized spacial score (nSPS) is 22.9. The number of rotatable bonds is 5. The van der Waals surface area contributed by atoms with Crippen LogP contribution in [0.4, 0.5) is 5.69 Å². The van der Waals surface area contributed by atoms with Crippen LogP contribution in [-0.2, 0) is 6.42 Å². The molecule has 2 heteroatoms. The standard InChI is InChI=1S/C14H20N2/c1-2-6-14-11(4-1)10-13(16-14)5-3-9-15-12-7-8-12/h1-2,4,6,12-13,15-16H,3,5,7-10H2. The van der Waals surface area contributed by atoms with Gasteiger partial charge in [-0.3, -0.25) is 0 Å². The van der Waals surface area contributed by atoms with E-state index in [1.54, 1.807) is 0 Å². The van der Waals surface area contributed by atoms with Crippen LogP contribution in [0.3, 0.4) is 0 Å². The number of fused-ring (bicyclic) bond motifs is 1. The van der Waals surface area contributed by atoms with Gasteiger partial charge >= 0.3 is 0 Å². The third kappa shape index (κ3) is 2.38. The van der Waals surface area contributed by atoms with Crippen molar-refractivity contribution in [3.8, 4) is 0 Å². The van der Waals surface area contributed by atoms with Crippen molar-refractivity contribution in [1.29, 1.82) is 0 Å². The quantitative estimate of drug-likeness (QED) is 0.739. The zero-order valence-electron chi connectivity index (χ0n) is 9.71. The zero-order valence-corrected chi connectivity index (χ0v) is 9.71. The summed E-state index contributed by atoms with van der Waals surface area (Å²) >= 11 is 0. The molecule has 0 saturated heterocycles. The molecule has 3 rings (SSSR count). The van der Waals surface area contributed by atoms with Crippen molar-refractivity contribution in [3.05, 3.63) is 29.8 Å². The fraction of sp³-hybridized carbons (Fsp3) is 0.571. The third-order valence-electron chi connectivity index (χ3n) is 3.58. The zero-order chi connectivity index (χ0) is 10.8. The molecule has 1 aliphatic carbocycles. The first kappa shape index (κ1) is 10.2. The summed E-state index contributed by atoms with van der Waals surface area (Å²) in [6.45, 7) is 1.19. The monoisotopic (exact) mass is 216 g/mol. The summed E-state index contributed by atoms with van der Waals surface area (Å²) in [5.41, 5.74) is 2.84.